The zero-order chi connectivity index (χ0) is 14.4. The lowest BCUT2D eigenvalue weighted by molar-refractivity contribution is -0.115. The summed E-state index contributed by atoms with van der Waals surface area (Å²) in [5.41, 5.74) is 7.54. The maximum absolute atomic E-state index is 11.9. The van der Waals surface area contributed by atoms with Gasteiger partial charge in [-0.25, -0.2) is 0 Å². The summed E-state index contributed by atoms with van der Waals surface area (Å²) < 4.78 is 5.34. The summed E-state index contributed by atoms with van der Waals surface area (Å²) in [6.45, 7) is 2.55. The summed E-state index contributed by atoms with van der Waals surface area (Å²) in [5, 5.41) is 2.81. The van der Waals surface area contributed by atoms with Crippen LogP contribution in [0.5, 0.6) is 5.75 Å². The molecule has 1 aromatic carbocycles. The zero-order valence-electron chi connectivity index (χ0n) is 11.3. The van der Waals surface area contributed by atoms with Crippen LogP contribution in [-0.2, 0) is 11.2 Å². The second-order valence-electron chi connectivity index (χ2n) is 4.27. The minimum absolute atomic E-state index is 0.119. The molecule has 0 saturated heterocycles. The highest BCUT2D eigenvalue weighted by atomic mass is 16.5. The average Bonchev–Trinajstić information content (AvgIpc) is 2.44. The lowest BCUT2D eigenvalue weighted by atomic mass is 10.2. The number of nitrogens with zero attached hydrogens (tertiary/aromatic N) is 1. The van der Waals surface area contributed by atoms with Crippen molar-refractivity contribution in [3.05, 3.63) is 48.3 Å². The number of hydrogen-bond acceptors (Lipinski definition) is 4. The normalized spacial score (nSPS) is 10.1. The fourth-order valence-electron chi connectivity index (χ4n) is 1.71. The molecule has 0 aliphatic carbocycles. The van der Waals surface area contributed by atoms with Gasteiger partial charge in [0.15, 0.2) is 0 Å². The van der Waals surface area contributed by atoms with Gasteiger partial charge < -0.3 is 15.8 Å². The van der Waals surface area contributed by atoms with Crippen molar-refractivity contribution in [2.24, 2.45) is 0 Å². The number of pyridine rings is 1. The smallest absolute Gasteiger partial charge is 0.230 e. The Kier molecular flexibility index (Phi) is 4.55. The summed E-state index contributed by atoms with van der Waals surface area (Å²) in [6.07, 6.45) is 1.76. The molecule has 0 aliphatic heterocycles. The molecule has 2 aromatic rings. The lowest BCUT2D eigenvalue weighted by Crippen LogP contribution is -2.15. The van der Waals surface area contributed by atoms with Crippen LogP contribution in [0, 0.1) is 0 Å². The van der Waals surface area contributed by atoms with E-state index < -0.39 is 0 Å². The fraction of sp³-hybridized carbons (Fsp3) is 0.200. The van der Waals surface area contributed by atoms with Gasteiger partial charge in [0.05, 0.1) is 24.9 Å². The highest BCUT2D eigenvalue weighted by Gasteiger charge is 2.05. The van der Waals surface area contributed by atoms with Crippen LogP contribution in [0.15, 0.2) is 42.6 Å². The Bertz CT molecular complexity index is 565. The van der Waals surface area contributed by atoms with E-state index in [1.165, 1.54) is 0 Å². The standard InChI is InChI=1S/C15H17N3O2/c1-2-20-14-7-5-12(6-8-14)18-15(19)9-13-4-3-11(16)10-17-13/h3-8,10H,2,9,16H2,1H3,(H,18,19). The molecular formula is C15H17N3O2. The Morgan fingerprint density at radius 2 is 2.00 bits per heavy atom. The maximum Gasteiger partial charge on any atom is 0.230 e. The van der Waals surface area contributed by atoms with Crippen molar-refractivity contribution >= 4 is 17.3 Å². The number of rotatable bonds is 5. The minimum atomic E-state index is -0.119. The van der Waals surface area contributed by atoms with E-state index in [1.807, 2.05) is 19.1 Å². The molecule has 20 heavy (non-hydrogen) atoms. The monoisotopic (exact) mass is 271 g/mol. The van der Waals surface area contributed by atoms with Crippen molar-refractivity contribution in [3.8, 4) is 5.75 Å². The molecule has 3 N–H and O–H groups in total. The molecule has 5 heteroatoms. The van der Waals surface area contributed by atoms with E-state index in [4.69, 9.17) is 10.5 Å². The first-order valence-corrected chi connectivity index (χ1v) is 6.40. The van der Waals surface area contributed by atoms with E-state index in [0.717, 1.165) is 11.4 Å². The van der Waals surface area contributed by atoms with Gasteiger partial charge in [0.1, 0.15) is 5.75 Å². The van der Waals surface area contributed by atoms with E-state index in [2.05, 4.69) is 10.3 Å². The van der Waals surface area contributed by atoms with Crippen molar-refractivity contribution in [2.75, 3.05) is 17.7 Å². The summed E-state index contributed by atoms with van der Waals surface area (Å²) in [7, 11) is 0. The molecule has 2 rings (SSSR count). The number of amides is 1. The molecule has 0 atom stereocenters. The van der Waals surface area contributed by atoms with Crippen molar-refractivity contribution < 1.29 is 9.53 Å². The molecule has 0 fully saturated rings. The summed E-state index contributed by atoms with van der Waals surface area (Å²) >= 11 is 0. The summed E-state index contributed by atoms with van der Waals surface area (Å²) in [6, 6.07) is 10.7. The van der Waals surface area contributed by atoms with Crippen molar-refractivity contribution in [1.82, 2.24) is 4.98 Å². The number of nitrogens with two attached hydrogens (primary N) is 1. The third-order valence-electron chi connectivity index (χ3n) is 2.64. The molecule has 0 spiro atoms. The van der Waals surface area contributed by atoms with Crippen LogP contribution in [0.1, 0.15) is 12.6 Å². The number of carbonyl (C=O) groups excluding carboxylic acids is 1. The largest absolute Gasteiger partial charge is 0.494 e. The topological polar surface area (TPSA) is 77.2 Å². The van der Waals surface area contributed by atoms with Crippen molar-refractivity contribution in [3.63, 3.8) is 0 Å². The van der Waals surface area contributed by atoms with E-state index >= 15 is 0 Å². The molecule has 5 nitrogen and oxygen atoms in total. The number of nitrogens with one attached hydrogen (secondary N) is 1. The fourth-order valence-corrected chi connectivity index (χ4v) is 1.71. The molecule has 1 aromatic heterocycles. The Morgan fingerprint density at radius 3 is 2.60 bits per heavy atom. The van der Waals surface area contributed by atoms with E-state index in [-0.39, 0.29) is 12.3 Å². The number of benzene rings is 1. The van der Waals surface area contributed by atoms with Crippen LogP contribution in [0.2, 0.25) is 0 Å². The van der Waals surface area contributed by atoms with Crippen molar-refractivity contribution in [2.45, 2.75) is 13.3 Å². The number of anilines is 2. The molecule has 0 saturated carbocycles. The van der Waals surface area contributed by atoms with E-state index in [0.29, 0.717) is 18.0 Å². The van der Waals surface area contributed by atoms with Gasteiger partial charge in [0.2, 0.25) is 5.91 Å². The quantitative estimate of drug-likeness (QED) is 0.874. The Hall–Kier alpha value is -2.56. The van der Waals surface area contributed by atoms with Gasteiger partial charge in [0, 0.05) is 11.4 Å². The maximum atomic E-state index is 11.9. The van der Waals surface area contributed by atoms with Gasteiger partial charge in [-0.15, -0.1) is 0 Å². The first-order valence-electron chi connectivity index (χ1n) is 6.40. The summed E-state index contributed by atoms with van der Waals surface area (Å²) in [5.74, 6) is 0.664. The Morgan fingerprint density at radius 1 is 1.25 bits per heavy atom. The zero-order valence-corrected chi connectivity index (χ0v) is 11.3. The first kappa shape index (κ1) is 13.9. The van der Waals surface area contributed by atoms with E-state index in [1.54, 1.807) is 30.5 Å². The molecule has 0 radical (unpaired) electrons. The van der Waals surface area contributed by atoms with Gasteiger partial charge in [-0.1, -0.05) is 0 Å². The predicted octanol–water partition coefficient (Wildman–Crippen LogP) is 2.24. The number of ether oxygens (including phenoxy) is 1. The van der Waals surface area contributed by atoms with Gasteiger partial charge in [0.25, 0.3) is 0 Å². The lowest BCUT2D eigenvalue weighted by Gasteiger charge is -2.07. The number of nitrogen functional groups attached to an aromatic ring is 1. The third kappa shape index (κ3) is 3.98. The highest BCUT2D eigenvalue weighted by Crippen LogP contribution is 2.15. The third-order valence-corrected chi connectivity index (χ3v) is 2.64. The van der Waals surface area contributed by atoms with Crippen LogP contribution in [-0.4, -0.2) is 17.5 Å². The second kappa shape index (κ2) is 6.56. The van der Waals surface area contributed by atoms with Crippen LogP contribution in [0.4, 0.5) is 11.4 Å². The number of hydrogen-bond donors (Lipinski definition) is 2. The van der Waals surface area contributed by atoms with E-state index in [9.17, 15) is 4.79 Å². The van der Waals surface area contributed by atoms with Crippen LogP contribution in [0.25, 0.3) is 0 Å². The molecule has 1 amide bonds. The average molecular weight is 271 g/mol. The molecule has 0 unspecified atom stereocenters. The molecule has 0 bridgehead atoms. The van der Waals surface area contributed by atoms with Gasteiger partial charge in [-0.05, 0) is 43.3 Å². The van der Waals surface area contributed by atoms with Gasteiger partial charge in [-0.2, -0.15) is 0 Å². The number of carbonyl (C=O) groups is 1. The Labute approximate surface area is 117 Å². The molecular weight excluding hydrogens is 254 g/mol. The predicted molar refractivity (Wildman–Crippen MR) is 78.6 cm³/mol. The highest BCUT2D eigenvalue weighted by molar-refractivity contribution is 5.92. The van der Waals surface area contributed by atoms with Gasteiger partial charge >= 0.3 is 0 Å². The molecule has 0 aliphatic rings. The van der Waals surface area contributed by atoms with Crippen LogP contribution in [0.3, 0.4) is 0 Å². The molecule has 1 heterocycles. The van der Waals surface area contributed by atoms with Crippen molar-refractivity contribution in [1.29, 1.82) is 0 Å². The second-order valence-corrected chi connectivity index (χ2v) is 4.27. The molecule has 104 valence electrons. The van der Waals surface area contributed by atoms with Crippen LogP contribution < -0.4 is 15.8 Å². The summed E-state index contributed by atoms with van der Waals surface area (Å²) in [4.78, 5) is 16.0. The first-order chi connectivity index (χ1) is 9.67. The van der Waals surface area contributed by atoms with Crippen LogP contribution >= 0.6 is 0 Å². The minimum Gasteiger partial charge on any atom is -0.494 e. The SMILES string of the molecule is CCOc1ccc(NC(=O)Cc2ccc(N)cn2)cc1. The Balaban J connectivity index is 1.92. The van der Waals surface area contributed by atoms with Gasteiger partial charge in [-0.3, -0.25) is 9.78 Å². The number of aromatic nitrogens is 1.